The second kappa shape index (κ2) is 9.01. The van der Waals surface area contributed by atoms with Gasteiger partial charge in [-0.3, -0.25) is 9.79 Å². The van der Waals surface area contributed by atoms with E-state index in [0.717, 1.165) is 10.2 Å². The van der Waals surface area contributed by atoms with E-state index >= 15 is 0 Å². The second-order valence-corrected chi connectivity index (χ2v) is 11.1. The molecule has 2 heterocycles. The Morgan fingerprint density at radius 3 is 2.57 bits per heavy atom. The fourth-order valence-corrected chi connectivity index (χ4v) is 6.20. The van der Waals surface area contributed by atoms with E-state index in [1.165, 1.54) is 23.1 Å². The minimum absolute atomic E-state index is 0.0288. The third kappa shape index (κ3) is 4.63. The number of thioether (sulfide) groups is 1. The Morgan fingerprint density at radius 2 is 1.91 bits per heavy atom. The molecule has 35 heavy (non-hydrogen) atoms. The molecular weight excluding hydrogens is 486 g/mol. The summed E-state index contributed by atoms with van der Waals surface area (Å²) in [5.74, 6) is -0.949. The zero-order valence-electron chi connectivity index (χ0n) is 19.5. The number of nitrogens with zero attached hydrogens (tertiary/aromatic N) is 2. The van der Waals surface area contributed by atoms with Crippen molar-refractivity contribution in [1.82, 2.24) is 4.98 Å². The predicted molar refractivity (Wildman–Crippen MR) is 141 cm³/mol. The van der Waals surface area contributed by atoms with Crippen LogP contribution in [0.15, 0.2) is 23.2 Å². The van der Waals surface area contributed by atoms with Gasteiger partial charge in [0.25, 0.3) is 0 Å². The van der Waals surface area contributed by atoms with Gasteiger partial charge in [-0.15, -0.1) is 23.1 Å². The number of aliphatic imine (C=N–C) groups is 1. The number of hydrogen-bond donors (Lipinski definition) is 4. The minimum Gasteiger partial charge on any atom is -0.507 e. The number of fused-ring (bicyclic) bond motifs is 1. The number of nitrogens with one attached hydrogen (secondary N) is 1. The largest absolute Gasteiger partial charge is 0.507 e. The fourth-order valence-electron chi connectivity index (χ4n) is 4.09. The smallest absolute Gasteiger partial charge is 0.329 e. The highest BCUT2D eigenvalue weighted by atomic mass is 32.2. The Hall–Kier alpha value is -3.37. The van der Waals surface area contributed by atoms with E-state index < -0.39 is 17.4 Å². The molecule has 1 aliphatic heterocycles. The molecule has 0 aliphatic carbocycles. The Kier molecular flexibility index (Phi) is 6.37. The number of amides is 1. The highest BCUT2D eigenvalue weighted by Crippen LogP contribution is 2.33. The van der Waals surface area contributed by atoms with E-state index in [1.807, 2.05) is 6.07 Å². The summed E-state index contributed by atoms with van der Waals surface area (Å²) in [7, 11) is 0. The van der Waals surface area contributed by atoms with Crippen LogP contribution in [0.25, 0.3) is 23.4 Å². The molecule has 1 amide bonds. The molecule has 0 fully saturated rings. The number of carboxylic acids is 1. The molecule has 3 aromatic rings. The Bertz CT molecular complexity index is 1510. The summed E-state index contributed by atoms with van der Waals surface area (Å²) in [6, 6.07) is 4.59. The minimum atomic E-state index is -0.951. The molecule has 2 aromatic carbocycles. The summed E-state index contributed by atoms with van der Waals surface area (Å²) in [5, 5.41) is 35.0. The lowest BCUT2D eigenvalue weighted by Crippen LogP contribution is -2.33. The van der Waals surface area contributed by atoms with Crippen molar-refractivity contribution >= 4 is 69.1 Å². The molecule has 0 saturated heterocycles. The first-order valence-corrected chi connectivity index (χ1v) is 12.6. The van der Waals surface area contributed by atoms with Gasteiger partial charge in [-0.25, -0.2) is 9.78 Å². The van der Waals surface area contributed by atoms with Gasteiger partial charge in [-0.05, 0) is 25.1 Å². The molecule has 0 bridgehead atoms. The van der Waals surface area contributed by atoms with Gasteiger partial charge in [0.1, 0.15) is 21.6 Å². The van der Waals surface area contributed by atoms with Crippen LogP contribution in [-0.4, -0.2) is 49.0 Å². The normalized spacial score (nSPS) is 15.9. The number of aromatic nitrogens is 1. The first-order valence-electron chi connectivity index (χ1n) is 10.8. The maximum Gasteiger partial charge on any atom is 0.329 e. The van der Waals surface area contributed by atoms with Gasteiger partial charge in [-0.1, -0.05) is 27.0 Å². The molecular formula is C25H25N3O5S2. The molecule has 0 spiro atoms. The van der Waals surface area contributed by atoms with E-state index in [0.29, 0.717) is 37.8 Å². The number of phenols is 2. The predicted octanol–water partition coefficient (Wildman–Crippen LogP) is 3.09. The number of benzene rings is 2. The molecule has 0 radical (unpaired) electrons. The zero-order valence-corrected chi connectivity index (χ0v) is 21.1. The Morgan fingerprint density at radius 1 is 1.20 bits per heavy atom. The van der Waals surface area contributed by atoms with Gasteiger partial charge in [0.05, 0.1) is 10.2 Å². The third-order valence-corrected chi connectivity index (χ3v) is 8.20. The lowest BCUT2D eigenvalue weighted by atomic mass is 9.78. The quantitative estimate of drug-likeness (QED) is 0.374. The van der Waals surface area contributed by atoms with Gasteiger partial charge >= 0.3 is 5.97 Å². The van der Waals surface area contributed by atoms with E-state index in [1.54, 1.807) is 32.9 Å². The van der Waals surface area contributed by atoms with Crippen molar-refractivity contribution in [2.75, 3.05) is 11.1 Å². The van der Waals surface area contributed by atoms with Crippen molar-refractivity contribution in [3.63, 3.8) is 0 Å². The van der Waals surface area contributed by atoms with Gasteiger partial charge in [0, 0.05) is 44.8 Å². The van der Waals surface area contributed by atoms with Crippen LogP contribution in [-0.2, 0) is 15.0 Å². The van der Waals surface area contributed by atoms with Crippen LogP contribution in [0.1, 0.15) is 36.4 Å². The van der Waals surface area contributed by atoms with Crippen LogP contribution in [0.2, 0.25) is 0 Å². The van der Waals surface area contributed by atoms with Gasteiger partial charge < -0.3 is 20.6 Å². The molecule has 4 rings (SSSR count). The maximum atomic E-state index is 12.9. The van der Waals surface area contributed by atoms with Crippen molar-refractivity contribution in [3.8, 4) is 11.5 Å². The van der Waals surface area contributed by atoms with Gasteiger partial charge in [0.2, 0.25) is 5.91 Å². The zero-order chi connectivity index (χ0) is 25.7. The average molecular weight is 512 g/mol. The van der Waals surface area contributed by atoms with E-state index in [9.17, 15) is 19.8 Å². The number of phenolic OH excluding ortho intramolecular Hbond substituents is 2. The van der Waals surface area contributed by atoms with E-state index in [2.05, 4.69) is 28.5 Å². The number of hydrogen-bond acceptors (Lipinski definition) is 8. The number of rotatable bonds is 6. The highest BCUT2D eigenvalue weighted by Gasteiger charge is 2.30. The van der Waals surface area contributed by atoms with E-state index in [4.69, 9.17) is 5.11 Å². The molecule has 0 unspecified atom stereocenters. The topological polar surface area (TPSA) is 132 Å². The number of anilines is 1. The lowest BCUT2D eigenvalue weighted by molar-refractivity contribution is -0.137. The van der Waals surface area contributed by atoms with Crippen molar-refractivity contribution in [1.29, 1.82) is 0 Å². The van der Waals surface area contributed by atoms with Crippen LogP contribution in [0.4, 0.5) is 5.69 Å². The first-order chi connectivity index (χ1) is 16.4. The highest BCUT2D eigenvalue weighted by molar-refractivity contribution is 8.15. The van der Waals surface area contributed by atoms with Crippen molar-refractivity contribution in [3.05, 3.63) is 44.8 Å². The molecule has 1 aromatic heterocycles. The summed E-state index contributed by atoms with van der Waals surface area (Å²) in [4.78, 5) is 32.9. The molecule has 1 aliphatic rings. The number of thiazole rings is 1. The number of aromatic hydroxyl groups is 2. The van der Waals surface area contributed by atoms with Crippen molar-refractivity contribution in [2.24, 2.45) is 4.99 Å². The summed E-state index contributed by atoms with van der Waals surface area (Å²) in [5.41, 5.74) is 1.33. The summed E-state index contributed by atoms with van der Waals surface area (Å²) in [6.07, 6.45) is 0.0288. The van der Waals surface area contributed by atoms with Crippen LogP contribution in [0, 0.1) is 6.92 Å². The molecule has 4 N–H and O–H groups in total. The molecule has 0 saturated carbocycles. The SMILES string of the molecule is C=c1c(C)c(O)c(=C)c(C(C)(C)CC(=O)Nc2ccc3nc(C4=N[C@@H](C(=O)O)CS4)sc3c2)c1O. The fraction of sp³-hybridized carbons (Fsp3) is 0.280. The second-order valence-electron chi connectivity index (χ2n) is 9.06. The third-order valence-electron chi connectivity index (χ3n) is 5.99. The molecule has 10 heteroatoms. The van der Waals surface area contributed by atoms with Crippen LogP contribution < -0.4 is 15.8 Å². The lowest BCUT2D eigenvalue weighted by Gasteiger charge is -2.27. The molecule has 8 nitrogen and oxygen atoms in total. The number of carbonyl (C=O) groups excluding carboxylic acids is 1. The maximum absolute atomic E-state index is 12.9. The average Bonchev–Trinajstić information content (AvgIpc) is 3.42. The van der Waals surface area contributed by atoms with Crippen LogP contribution >= 0.6 is 23.1 Å². The van der Waals surface area contributed by atoms with Crippen molar-refractivity contribution < 1.29 is 24.9 Å². The number of carboxylic acid groups (broad SMARTS) is 1. The Labute approximate surface area is 209 Å². The van der Waals surface area contributed by atoms with Crippen LogP contribution in [0.3, 0.4) is 0 Å². The summed E-state index contributed by atoms with van der Waals surface area (Å²) in [6.45, 7) is 13.0. The number of carbonyl (C=O) groups is 2. The first kappa shape index (κ1) is 24.7. The standard InChI is InChI=1S/C25H25N3O5S2/c1-11-12(2)21(31)19(13(3)20(11)30)25(4,5)9-18(29)26-14-6-7-15-17(8-14)35-23(27-15)22-28-16(10-34-22)24(32)33/h6-8,16,30-31H,2-3,9-10H2,1,4-5H3,(H,26,29)(H,32,33)/t16-/m1/s1. The Balaban J connectivity index is 1.55. The van der Waals surface area contributed by atoms with E-state index in [-0.39, 0.29) is 29.0 Å². The van der Waals surface area contributed by atoms with Gasteiger partial charge in [0.15, 0.2) is 6.04 Å². The summed E-state index contributed by atoms with van der Waals surface area (Å²) >= 11 is 2.76. The van der Waals surface area contributed by atoms with Gasteiger partial charge in [-0.2, -0.15) is 0 Å². The molecule has 182 valence electrons. The summed E-state index contributed by atoms with van der Waals surface area (Å²) < 4.78 is 0.835. The van der Waals surface area contributed by atoms with Crippen LogP contribution in [0.5, 0.6) is 11.5 Å². The van der Waals surface area contributed by atoms with Crippen molar-refractivity contribution in [2.45, 2.75) is 38.6 Å². The number of aliphatic carboxylic acids is 1. The molecule has 1 atom stereocenters. The monoisotopic (exact) mass is 511 g/mol.